The second-order valence-electron chi connectivity index (χ2n) is 8.05. The van der Waals surface area contributed by atoms with Crippen LogP contribution in [0.4, 0.5) is 5.69 Å². The van der Waals surface area contributed by atoms with Gasteiger partial charge in [-0.25, -0.2) is 4.79 Å². The maximum atomic E-state index is 12.5. The molecule has 5 rings (SSSR count). The molecule has 2 saturated heterocycles. The second kappa shape index (κ2) is 7.09. The Labute approximate surface area is 173 Å². The molecule has 1 spiro atoms. The van der Waals surface area contributed by atoms with E-state index in [2.05, 4.69) is 17.0 Å². The van der Waals surface area contributed by atoms with Crippen LogP contribution in [0.15, 0.2) is 63.8 Å². The highest BCUT2D eigenvalue weighted by molar-refractivity contribution is 5.80. The van der Waals surface area contributed by atoms with Crippen molar-refractivity contribution in [2.45, 2.75) is 0 Å². The zero-order valence-corrected chi connectivity index (χ0v) is 16.7. The number of benzene rings is 2. The Morgan fingerprint density at radius 2 is 1.70 bits per heavy atom. The molecule has 0 atom stereocenters. The number of fused-ring (bicyclic) bond motifs is 1. The molecule has 0 aliphatic carbocycles. The molecule has 0 N–H and O–H groups in total. The minimum atomic E-state index is -0.411. The number of carbonyl (C=O) groups excluding carboxylic acids is 1. The molecule has 3 heterocycles. The standard InChI is InChI=1S/C23H22N2O5/c1-28-18-7-4-17(5-8-18)24-12-23(13-24)14-25(15-23)21(26)11-29-19-6-2-16-3-9-22(27)30-20(16)10-19/h2-10H,11-15H2,1H3. The number of hydrogen-bond acceptors (Lipinski definition) is 6. The van der Waals surface area contributed by atoms with Crippen molar-refractivity contribution >= 4 is 22.6 Å². The van der Waals surface area contributed by atoms with Gasteiger partial charge in [-0.15, -0.1) is 0 Å². The van der Waals surface area contributed by atoms with E-state index in [0.717, 1.165) is 37.3 Å². The summed E-state index contributed by atoms with van der Waals surface area (Å²) in [6.45, 7) is 3.39. The molecule has 0 radical (unpaired) electrons. The van der Waals surface area contributed by atoms with Crippen molar-refractivity contribution in [3.05, 3.63) is 65.0 Å². The van der Waals surface area contributed by atoms with E-state index in [1.807, 2.05) is 17.0 Å². The lowest BCUT2D eigenvalue weighted by molar-refractivity contribution is -0.147. The predicted octanol–water partition coefficient (Wildman–Crippen LogP) is 2.53. The highest BCUT2D eigenvalue weighted by atomic mass is 16.5. The lowest BCUT2D eigenvalue weighted by atomic mass is 9.72. The van der Waals surface area contributed by atoms with Crippen LogP contribution in [0.25, 0.3) is 11.0 Å². The van der Waals surface area contributed by atoms with Crippen LogP contribution in [0.2, 0.25) is 0 Å². The number of methoxy groups -OCH3 is 1. The molecular weight excluding hydrogens is 384 g/mol. The molecule has 2 aliphatic rings. The van der Waals surface area contributed by atoms with E-state index in [1.165, 1.54) is 11.8 Å². The molecule has 154 valence electrons. The van der Waals surface area contributed by atoms with Crippen LogP contribution in [0.3, 0.4) is 0 Å². The van der Waals surface area contributed by atoms with Gasteiger partial charge in [-0.3, -0.25) is 4.79 Å². The van der Waals surface area contributed by atoms with Crippen LogP contribution < -0.4 is 20.0 Å². The summed E-state index contributed by atoms with van der Waals surface area (Å²) in [5.41, 5.74) is 1.41. The largest absolute Gasteiger partial charge is 0.497 e. The summed E-state index contributed by atoms with van der Waals surface area (Å²) < 4.78 is 16.0. The third kappa shape index (κ3) is 3.36. The molecule has 0 unspecified atom stereocenters. The Kier molecular flexibility index (Phi) is 4.38. The van der Waals surface area contributed by atoms with Gasteiger partial charge in [0, 0.05) is 54.8 Å². The van der Waals surface area contributed by atoms with Crippen molar-refractivity contribution in [2.75, 3.05) is 44.8 Å². The van der Waals surface area contributed by atoms with Gasteiger partial charge in [-0.2, -0.15) is 0 Å². The normalized spacial score (nSPS) is 16.8. The molecule has 7 heteroatoms. The van der Waals surface area contributed by atoms with Crippen molar-refractivity contribution in [1.29, 1.82) is 0 Å². The van der Waals surface area contributed by atoms with Crippen LogP contribution in [-0.2, 0) is 4.79 Å². The topological polar surface area (TPSA) is 72.2 Å². The van der Waals surface area contributed by atoms with E-state index in [4.69, 9.17) is 13.9 Å². The summed E-state index contributed by atoms with van der Waals surface area (Å²) in [7, 11) is 1.66. The first kappa shape index (κ1) is 18.5. The minimum absolute atomic E-state index is 0.0269. The van der Waals surface area contributed by atoms with E-state index < -0.39 is 5.63 Å². The average molecular weight is 406 g/mol. The molecule has 30 heavy (non-hydrogen) atoms. The van der Waals surface area contributed by atoms with E-state index in [1.54, 1.807) is 31.4 Å². The summed E-state index contributed by atoms with van der Waals surface area (Å²) in [6, 6.07) is 16.3. The summed E-state index contributed by atoms with van der Waals surface area (Å²) >= 11 is 0. The van der Waals surface area contributed by atoms with Crippen LogP contribution >= 0.6 is 0 Å². The van der Waals surface area contributed by atoms with Gasteiger partial charge in [0.25, 0.3) is 5.91 Å². The van der Waals surface area contributed by atoms with Crippen LogP contribution in [0.5, 0.6) is 11.5 Å². The molecule has 2 fully saturated rings. The predicted molar refractivity (Wildman–Crippen MR) is 112 cm³/mol. The van der Waals surface area contributed by atoms with Crippen LogP contribution in [0, 0.1) is 5.41 Å². The first-order chi connectivity index (χ1) is 14.5. The number of likely N-dealkylation sites (tertiary alicyclic amines) is 1. The molecule has 7 nitrogen and oxygen atoms in total. The zero-order chi connectivity index (χ0) is 20.7. The van der Waals surface area contributed by atoms with E-state index in [9.17, 15) is 9.59 Å². The fourth-order valence-corrected chi connectivity index (χ4v) is 4.25. The van der Waals surface area contributed by atoms with Gasteiger partial charge in [0.1, 0.15) is 17.1 Å². The summed E-state index contributed by atoms with van der Waals surface area (Å²) in [6.07, 6.45) is 0. The van der Waals surface area contributed by atoms with Crippen molar-refractivity contribution in [1.82, 2.24) is 4.90 Å². The Morgan fingerprint density at radius 3 is 2.43 bits per heavy atom. The quantitative estimate of drug-likeness (QED) is 0.607. The molecular formula is C23H22N2O5. The average Bonchev–Trinajstić information content (AvgIpc) is 2.70. The summed E-state index contributed by atoms with van der Waals surface area (Å²) in [4.78, 5) is 28.0. The lowest BCUT2D eigenvalue weighted by Gasteiger charge is -2.60. The minimum Gasteiger partial charge on any atom is -0.497 e. The maximum absolute atomic E-state index is 12.5. The highest BCUT2D eigenvalue weighted by Gasteiger charge is 2.53. The highest BCUT2D eigenvalue weighted by Crippen LogP contribution is 2.42. The van der Waals surface area contributed by atoms with Gasteiger partial charge in [-0.1, -0.05) is 0 Å². The maximum Gasteiger partial charge on any atom is 0.336 e. The first-order valence-corrected chi connectivity index (χ1v) is 9.87. The van der Waals surface area contributed by atoms with Gasteiger partial charge in [-0.05, 0) is 42.5 Å². The third-order valence-corrected chi connectivity index (χ3v) is 5.85. The fraction of sp³-hybridized carbons (Fsp3) is 0.304. The molecule has 2 aromatic carbocycles. The van der Waals surface area contributed by atoms with E-state index in [0.29, 0.717) is 11.3 Å². The van der Waals surface area contributed by atoms with Gasteiger partial charge in [0.15, 0.2) is 6.61 Å². The number of carbonyl (C=O) groups is 1. The van der Waals surface area contributed by atoms with Crippen molar-refractivity contribution < 1.29 is 18.7 Å². The third-order valence-electron chi connectivity index (χ3n) is 5.85. The van der Waals surface area contributed by atoms with Gasteiger partial charge in [0.05, 0.1) is 7.11 Å². The number of anilines is 1. The number of hydrogen-bond donors (Lipinski definition) is 0. The monoisotopic (exact) mass is 406 g/mol. The summed E-state index contributed by atoms with van der Waals surface area (Å²) in [5, 5.41) is 0.810. The van der Waals surface area contributed by atoms with E-state index >= 15 is 0 Å². The van der Waals surface area contributed by atoms with Crippen LogP contribution in [-0.4, -0.2) is 50.7 Å². The molecule has 0 bridgehead atoms. The van der Waals surface area contributed by atoms with Crippen molar-refractivity contribution in [3.63, 3.8) is 0 Å². The van der Waals surface area contributed by atoms with E-state index in [-0.39, 0.29) is 17.9 Å². The lowest BCUT2D eigenvalue weighted by Crippen LogP contribution is -2.73. The molecule has 1 aromatic heterocycles. The summed E-state index contributed by atoms with van der Waals surface area (Å²) in [5.74, 6) is 1.33. The van der Waals surface area contributed by atoms with Gasteiger partial charge < -0.3 is 23.7 Å². The molecule has 2 aliphatic heterocycles. The number of amides is 1. The fourth-order valence-electron chi connectivity index (χ4n) is 4.25. The smallest absolute Gasteiger partial charge is 0.336 e. The number of ether oxygens (including phenoxy) is 2. The Hall–Kier alpha value is -3.48. The molecule has 3 aromatic rings. The second-order valence-corrected chi connectivity index (χ2v) is 8.05. The Morgan fingerprint density at radius 1 is 1.00 bits per heavy atom. The van der Waals surface area contributed by atoms with Gasteiger partial charge in [0.2, 0.25) is 0 Å². The number of rotatable bonds is 5. The first-order valence-electron chi connectivity index (χ1n) is 9.87. The van der Waals surface area contributed by atoms with Gasteiger partial charge >= 0.3 is 5.63 Å². The van der Waals surface area contributed by atoms with Crippen LogP contribution in [0.1, 0.15) is 0 Å². The zero-order valence-electron chi connectivity index (χ0n) is 16.7. The Bertz CT molecular complexity index is 1140. The van der Waals surface area contributed by atoms with Crippen molar-refractivity contribution in [3.8, 4) is 11.5 Å². The number of nitrogens with zero attached hydrogens (tertiary/aromatic N) is 2. The molecule has 1 amide bonds. The molecule has 0 saturated carbocycles. The Balaban J connectivity index is 1.12. The van der Waals surface area contributed by atoms with Crippen molar-refractivity contribution in [2.24, 2.45) is 5.41 Å². The SMILES string of the molecule is COc1ccc(N2CC3(CN(C(=O)COc4ccc5ccc(=O)oc5c4)C3)C2)cc1.